The Morgan fingerprint density at radius 1 is 1.12 bits per heavy atom. The van der Waals surface area contributed by atoms with Gasteiger partial charge in [0.2, 0.25) is 0 Å². The van der Waals surface area contributed by atoms with Crippen LogP contribution < -0.4 is 0 Å². The summed E-state index contributed by atoms with van der Waals surface area (Å²) >= 11 is 1.68. The summed E-state index contributed by atoms with van der Waals surface area (Å²) in [6.45, 7) is 7.55. The van der Waals surface area contributed by atoms with Gasteiger partial charge in [-0.15, -0.1) is 11.8 Å². The molecular weight excluding hydrogens is 350 g/mol. The number of nitrogens with zero attached hydrogens (tertiary/aromatic N) is 2. The Kier molecular flexibility index (Phi) is 5.18. The van der Waals surface area contributed by atoms with Crippen molar-refractivity contribution in [3.05, 3.63) is 30.0 Å². The Labute approximate surface area is 157 Å². The van der Waals surface area contributed by atoms with Crippen molar-refractivity contribution in [2.24, 2.45) is 0 Å². The second-order valence-electron chi connectivity index (χ2n) is 7.38. The molecule has 1 aromatic heterocycles. The summed E-state index contributed by atoms with van der Waals surface area (Å²) in [5.41, 5.74) is 1.12. The number of thioether (sulfide) groups is 1. The van der Waals surface area contributed by atoms with Gasteiger partial charge in [0.15, 0.2) is 0 Å². The maximum atomic E-state index is 12.8. The van der Waals surface area contributed by atoms with Gasteiger partial charge in [-0.25, -0.2) is 4.79 Å². The third kappa shape index (κ3) is 3.98. The Morgan fingerprint density at radius 2 is 1.77 bits per heavy atom. The van der Waals surface area contributed by atoms with Crippen LogP contribution in [0.3, 0.4) is 0 Å². The number of aromatic nitrogens is 1. The maximum absolute atomic E-state index is 12.8. The number of ether oxygens (including phenoxy) is 1. The van der Waals surface area contributed by atoms with Gasteiger partial charge in [0.05, 0.1) is 0 Å². The molecule has 0 atom stereocenters. The molecule has 0 aliphatic carbocycles. The zero-order valence-corrected chi connectivity index (χ0v) is 16.5. The van der Waals surface area contributed by atoms with E-state index < -0.39 is 5.60 Å². The topological polar surface area (TPSA) is 65.6 Å². The first kappa shape index (κ1) is 18.6. The predicted octanol–water partition coefficient (Wildman–Crippen LogP) is 3.58. The van der Waals surface area contributed by atoms with Gasteiger partial charge in [0.1, 0.15) is 5.60 Å². The van der Waals surface area contributed by atoms with Crippen molar-refractivity contribution >= 4 is 34.7 Å². The number of hydrogen-bond donors (Lipinski definition) is 1. The van der Waals surface area contributed by atoms with Crippen LogP contribution in [0.4, 0.5) is 4.79 Å². The Hall–Kier alpha value is -2.15. The number of benzene rings is 1. The number of piperazine rings is 1. The molecular formula is C19H25N3O3S. The van der Waals surface area contributed by atoms with Crippen molar-refractivity contribution in [1.29, 1.82) is 0 Å². The first-order valence-electron chi connectivity index (χ1n) is 8.71. The molecule has 0 bridgehead atoms. The van der Waals surface area contributed by atoms with Gasteiger partial charge in [-0.1, -0.05) is 6.07 Å². The van der Waals surface area contributed by atoms with Crippen LogP contribution in [0, 0.1) is 0 Å². The number of aromatic amines is 1. The van der Waals surface area contributed by atoms with Crippen LogP contribution in [0.5, 0.6) is 0 Å². The summed E-state index contributed by atoms with van der Waals surface area (Å²) in [6.07, 6.45) is 3.68. The lowest BCUT2D eigenvalue weighted by molar-refractivity contribution is 0.0141. The molecule has 3 rings (SSSR count). The zero-order valence-electron chi connectivity index (χ0n) is 15.7. The van der Waals surface area contributed by atoms with Crippen molar-refractivity contribution in [2.75, 3.05) is 32.4 Å². The van der Waals surface area contributed by atoms with Crippen LogP contribution in [0.15, 0.2) is 29.3 Å². The second kappa shape index (κ2) is 7.23. The van der Waals surface area contributed by atoms with E-state index >= 15 is 0 Å². The standard InChI is InChI=1S/C19H25N3O3S/c1-19(2,3)25-18(24)22-9-7-21(8-10-22)17(23)13-5-6-14-15(11-13)20-12-16(14)26-4/h5-6,11-12,20H,7-10H2,1-4H3. The Balaban J connectivity index is 1.64. The van der Waals surface area contributed by atoms with Crippen molar-refractivity contribution in [2.45, 2.75) is 31.3 Å². The van der Waals surface area contributed by atoms with Crippen LogP contribution in [-0.4, -0.2) is 64.8 Å². The van der Waals surface area contributed by atoms with Gasteiger partial charge < -0.3 is 19.5 Å². The molecule has 0 spiro atoms. The van der Waals surface area contributed by atoms with E-state index in [0.29, 0.717) is 31.7 Å². The predicted molar refractivity (Wildman–Crippen MR) is 104 cm³/mol. The number of H-pyrrole nitrogens is 1. The molecule has 0 saturated carbocycles. The van der Waals surface area contributed by atoms with Gasteiger partial charge in [-0.2, -0.15) is 0 Å². The normalized spacial score (nSPS) is 15.4. The smallest absolute Gasteiger partial charge is 0.410 e. The van der Waals surface area contributed by atoms with E-state index in [4.69, 9.17) is 4.74 Å². The van der Waals surface area contributed by atoms with E-state index in [2.05, 4.69) is 4.98 Å². The summed E-state index contributed by atoms with van der Waals surface area (Å²) in [5, 5.41) is 1.13. The van der Waals surface area contributed by atoms with Crippen LogP contribution in [-0.2, 0) is 4.74 Å². The molecule has 26 heavy (non-hydrogen) atoms. The number of rotatable bonds is 2. The van der Waals surface area contributed by atoms with E-state index in [1.165, 1.54) is 4.90 Å². The highest BCUT2D eigenvalue weighted by Crippen LogP contribution is 2.27. The molecule has 6 nitrogen and oxygen atoms in total. The molecule has 1 aliphatic heterocycles. The van der Waals surface area contributed by atoms with E-state index in [1.54, 1.807) is 21.6 Å². The molecule has 1 N–H and O–H groups in total. The number of hydrogen-bond acceptors (Lipinski definition) is 4. The summed E-state index contributed by atoms with van der Waals surface area (Å²) in [4.78, 5) is 32.8. The largest absolute Gasteiger partial charge is 0.444 e. The van der Waals surface area contributed by atoms with E-state index in [1.807, 2.05) is 51.4 Å². The number of carbonyl (C=O) groups excluding carboxylic acids is 2. The fourth-order valence-electron chi connectivity index (χ4n) is 3.00. The van der Waals surface area contributed by atoms with Gasteiger partial charge in [-0.05, 0) is 39.2 Å². The molecule has 2 amide bonds. The van der Waals surface area contributed by atoms with Crippen molar-refractivity contribution in [3.63, 3.8) is 0 Å². The SMILES string of the molecule is CSc1c[nH]c2cc(C(=O)N3CCN(C(=O)OC(C)(C)C)CC3)ccc12. The maximum Gasteiger partial charge on any atom is 0.410 e. The van der Waals surface area contributed by atoms with E-state index in [9.17, 15) is 9.59 Å². The number of nitrogens with one attached hydrogen (secondary N) is 1. The second-order valence-corrected chi connectivity index (χ2v) is 8.23. The average Bonchev–Trinajstić information content (AvgIpc) is 3.02. The highest BCUT2D eigenvalue weighted by Gasteiger charge is 2.28. The van der Waals surface area contributed by atoms with Gasteiger partial charge in [0.25, 0.3) is 5.91 Å². The number of carbonyl (C=O) groups is 2. The minimum absolute atomic E-state index is 0.00367. The molecule has 1 aliphatic rings. The molecule has 7 heteroatoms. The van der Waals surface area contributed by atoms with Crippen LogP contribution in [0.2, 0.25) is 0 Å². The zero-order chi connectivity index (χ0) is 18.9. The fourth-order valence-corrected chi connectivity index (χ4v) is 3.58. The molecule has 2 heterocycles. The van der Waals surface area contributed by atoms with Gasteiger partial charge in [-0.3, -0.25) is 4.79 Å². The average molecular weight is 375 g/mol. The first-order chi connectivity index (χ1) is 12.3. The molecule has 1 aromatic carbocycles. The minimum atomic E-state index is -0.509. The van der Waals surface area contributed by atoms with Crippen molar-refractivity contribution < 1.29 is 14.3 Å². The third-order valence-electron chi connectivity index (χ3n) is 4.33. The van der Waals surface area contributed by atoms with Gasteiger partial charge in [0, 0.05) is 53.7 Å². The van der Waals surface area contributed by atoms with Crippen molar-refractivity contribution in [3.8, 4) is 0 Å². The fraction of sp³-hybridized carbons (Fsp3) is 0.474. The van der Waals surface area contributed by atoms with Crippen LogP contribution in [0.25, 0.3) is 10.9 Å². The molecule has 0 unspecified atom stereocenters. The minimum Gasteiger partial charge on any atom is -0.444 e. The van der Waals surface area contributed by atoms with Crippen molar-refractivity contribution in [1.82, 2.24) is 14.8 Å². The summed E-state index contributed by atoms with van der Waals surface area (Å²) in [7, 11) is 0. The van der Waals surface area contributed by atoms with Gasteiger partial charge >= 0.3 is 6.09 Å². The molecule has 140 valence electrons. The molecule has 0 radical (unpaired) electrons. The molecule has 1 fully saturated rings. The van der Waals surface area contributed by atoms with Crippen LogP contribution in [0.1, 0.15) is 31.1 Å². The van der Waals surface area contributed by atoms with E-state index in [-0.39, 0.29) is 12.0 Å². The molecule has 1 saturated heterocycles. The first-order valence-corrected chi connectivity index (χ1v) is 9.93. The quantitative estimate of drug-likeness (QED) is 0.815. The summed E-state index contributed by atoms with van der Waals surface area (Å²) in [6, 6.07) is 5.76. The number of amides is 2. The molecule has 2 aromatic rings. The van der Waals surface area contributed by atoms with E-state index in [0.717, 1.165) is 10.9 Å². The third-order valence-corrected chi connectivity index (χ3v) is 5.11. The lowest BCUT2D eigenvalue weighted by Crippen LogP contribution is -2.51. The highest BCUT2D eigenvalue weighted by molar-refractivity contribution is 7.98. The summed E-state index contributed by atoms with van der Waals surface area (Å²) < 4.78 is 5.40. The Morgan fingerprint density at radius 3 is 2.38 bits per heavy atom. The monoisotopic (exact) mass is 375 g/mol. The van der Waals surface area contributed by atoms with Crippen LogP contribution >= 0.6 is 11.8 Å². The highest BCUT2D eigenvalue weighted by atomic mass is 32.2. The lowest BCUT2D eigenvalue weighted by atomic mass is 10.1. The lowest BCUT2D eigenvalue weighted by Gasteiger charge is -2.35. The number of fused-ring (bicyclic) bond motifs is 1. The summed E-state index contributed by atoms with van der Waals surface area (Å²) in [5.74, 6) is -0.00367. The Bertz CT molecular complexity index is 817.